The summed E-state index contributed by atoms with van der Waals surface area (Å²) in [6, 6.07) is 0. The lowest BCUT2D eigenvalue weighted by Gasteiger charge is -2.15. The highest BCUT2D eigenvalue weighted by atomic mass is 32.2. The van der Waals surface area contributed by atoms with Crippen LogP contribution in [0.3, 0.4) is 0 Å². The predicted molar refractivity (Wildman–Crippen MR) is 58.3 cm³/mol. The first kappa shape index (κ1) is 15.2. The molecule has 9 heteroatoms. The van der Waals surface area contributed by atoms with E-state index in [0.29, 0.717) is 6.42 Å². The van der Waals surface area contributed by atoms with Gasteiger partial charge in [0, 0.05) is 5.75 Å². The average Bonchev–Trinajstić information content (AvgIpc) is 2.16. The fraction of sp³-hybridized carbons (Fsp3) is 0.857. The highest BCUT2D eigenvalue weighted by Gasteiger charge is 2.27. The second-order valence-corrected chi connectivity index (χ2v) is 6.84. The Morgan fingerprint density at radius 3 is 2.19 bits per heavy atom. The summed E-state index contributed by atoms with van der Waals surface area (Å²) in [6.07, 6.45) is 1.47. The van der Waals surface area contributed by atoms with E-state index in [4.69, 9.17) is 0 Å². The molecule has 0 aliphatic heterocycles. The van der Waals surface area contributed by atoms with Crippen LogP contribution in [0.2, 0.25) is 0 Å². The summed E-state index contributed by atoms with van der Waals surface area (Å²) >= 11 is 0. The Bertz CT molecular complexity index is 461. The van der Waals surface area contributed by atoms with Crippen LogP contribution in [0.15, 0.2) is 4.40 Å². The molecule has 0 spiro atoms. The Balaban J connectivity index is 5.06. The molecule has 0 amide bonds. The van der Waals surface area contributed by atoms with Gasteiger partial charge in [-0.1, -0.05) is 24.7 Å². The summed E-state index contributed by atoms with van der Waals surface area (Å²) in [4.78, 5) is 9.82. The predicted octanol–water partition coefficient (Wildman–Crippen LogP) is -0.282. The Hall–Kier alpha value is -0.760. The van der Waals surface area contributed by atoms with Gasteiger partial charge >= 0.3 is 10.2 Å². The normalized spacial score (nSPS) is 14.1. The Morgan fingerprint density at radius 2 is 1.81 bits per heavy atom. The fourth-order valence-electron chi connectivity index (χ4n) is 1.02. The van der Waals surface area contributed by atoms with Crippen molar-refractivity contribution in [3.05, 3.63) is 0 Å². The van der Waals surface area contributed by atoms with Crippen LogP contribution in [0.1, 0.15) is 26.7 Å². The van der Waals surface area contributed by atoms with Crippen molar-refractivity contribution >= 4 is 26.1 Å². The van der Waals surface area contributed by atoms with Gasteiger partial charge in [-0.3, -0.25) is 0 Å². The number of carbonyl (C=O) groups excluding carboxylic acids is 1. The number of sulfone groups is 1. The minimum atomic E-state index is -4.27. The number of nitrogens with zero attached hydrogens (tertiary/aromatic N) is 1. The average molecular weight is 270 g/mol. The maximum absolute atomic E-state index is 11.5. The second-order valence-electron chi connectivity index (χ2n) is 3.00. The quantitative estimate of drug-likeness (QED) is 0.505. The van der Waals surface area contributed by atoms with E-state index < -0.39 is 25.4 Å². The summed E-state index contributed by atoms with van der Waals surface area (Å²) in [5.41, 5.74) is 0. The maximum atomic E-state index is 11.5. The van der Waals surface area contributed by atoms with Gasteiger partial charge in [0.25, 0.3) is 6.08 Å². The second kappa shape index (κ2) is 6.09. The minimum Gasteiger partial charge on any atom is -0.227 e. The van der Waals surface area contributed by atoms with Crippen LogP contribution in [0, 0.1) is 0 Å². The molecule has 0 radical (unpaired) electrons. The molecule has 0 bridgehead atoms. The van der Waals surface area contributed by atoms with Crippen molar-refractivity contribution in [1.82, 2.24) is 4.72 Å². The molecule has 0 saturated carbocycles. The van der Waals surface area contributed by atoms with Gasteiger partial charge in [-0.05, 0) is 6.42 Å². The molecule has 0 aromatic carbocycles. The van der Waals surface area contributed by atoms with E-state index in [1.807, 2.05) is 4.72 Å². The summed E-state index contributed by atoms with van der Waals surface area (Å²) < 4.78 is 49.5. The van der Waals surface area contributed by atoms with Crippen molar-refractivity contribution in [1.29, 1.82) is 0 Å². The number of nitrogens with one attached hydrogen (secondary N) is 1. The number of isocyanates is 1. The monoisotopic (exact) mass is 270 g/mol. The van der Waals surface area contributed by atoms with Crippen LogP contribution in [0.25, 0.3) is 0 Å². The lowest BCUT2D eigenvalue weighted by molar-refractivity contribution is 0.541. The van der Waals surface area contributed by atoms with E-state index in [1.54, 1.807) is 6.92 Å². The number of hydrogen-bond donors (Lipinski definition) is 1. The largest absolute Gasteiger partial charge is 0.331 e. The van der Waals surface area contributed by atoms with E-state index >= 15 is 0 Å². The third-order valence-corrected chi connectivity index (χ3v) is 4.90. The zero-order valence-corrected chi connectivity index (χ0v) is 10.6. The van der Waals surface area contributed by atoms with Gasteiger partial charge in [-0.2, -0.15) is 13.1 Å². The lowest BCUT2D eigenvalue weighted by Crippen LogP contribution is -2.40. The van der Waals surface area contributed by atoms with Crippen molar-refractivity contribution in [2.24, 2.45) is 4.40 Å². The van der Waals surface area contributed by atoms with Crippen LogP contribution in [-0.2, 0) is 24.8 Å². The zero-order chi connectivity index (χ0) is 12.8. The summed E-state index contributed by atoms with van der Waals surface area (Å²) in [5.74, 6) is -0.189. The topological polar surface area (TPSA) is 110 Å². The molecule has 0 aromatic heterocycles. The Labute approximate surface area is 95.1 Å². The summed E-state index contributed by atoms with van der Waals surface area (Å²) in [7, 11) is -7.83. The van der Waals surface area contributed by atoms with E-state index in [2.05, 4.69) is 4.40 Å². The highest BCUT2D eigenvalue weighted by Crippen LogP contribution is 2.08. The first-order valence-electron chi connectivity index (χ1n) is 4.62. The van der Waals surface area contributed by atoms with E-state index in [0.717, 1.165) is 6.08 Å². The molecule has 0 aliphatic rings. The number of rotatable bonds is 7. The lowest BCUT2D eigenvalue weighted by atomic mass is 10.3. The van der Waals surface area contributed by atoms with Gasteiger partial charge in [0.2, 0.25) is 0 Å². The Morgan fingerprint density at radius 1 is 1.25 bits per heavy atom. The van der Waals surface area contributed by atoms with E-state index in [-0.39, 0.29) is 12.2 Å². The molecular formula is C7H14N2O5S2. The molecule has 94 valence electrons. The van der Waals surface area contributed by atoms with Gasteiger partial charge in [-0.15, -0.1) is 0 Å². The maximum Gasteiger partial charge on any atom is 0.331 e. The SMILES string of the molecule is CCCC(NS(=O)(=O)N=C=O)S(=O)(=O)CC. The first-order valence-corrected chi connectivity index (χ1v) is 7.77. The van der Waals surface area contributed by atoms with Gasteiger partial charge in [0.15, 0.2) is 9.84 Å². The van der Waals surface area contributed by atoms with Gasteiger partial charge in [-0.25, -0.2) is 13.2 Å². The summed E-state index contributed by atoms with van der Waals surface area (Å²) in [6.45, 7) is 3.13. The fourth-order valence-corrected chi connectivity index (χ4v) is 3.57. The molecule has 1 unspecified atom stereocenters. The molecule has 0 fully saturated rings. The van der Waals surface area contributed by atoms with Crippen LogP contribution in [0.4, 0.5) is 0 Å². The molecule has 0 heterocycles. The van der Waals surface area contributed by atoms with E-state index in [1.165, 1.54) is 6.92 Å². The van der Waals surface area contributed by atoms with Crippen LogP contribution < -0.4 is 4.72 Å². The van der Waals surface area contributed by atoms with Crippen molar-refractivity contribution < 1.29 is 21.6 Å². The number of hydrogen-bond acceptors (Lipinski definition) is 5. The van der Waals surface area contributed by atoms with Crippen LogP contribution >= 0.6 is 0 Å². The molecular weight excluding hydrogens is 256 g/mol. The molecule has 0 aromatic rings. The highest BCUT2D eigenvalue weighted by molar-refractivity contribution is 7.94. The zero-order valence-electron chi connectivity index (χ0n) is 9.00. The smallest absolute Gasteiger partial charge is 0.227 e. The molecule has 0 aliphatic carbocycles. The molecule has 1 N–H and O–H groups in total. The molecule has 7 nitrogen and oxygen atoms in total. The third kappa shape index (κ3) is 4.84. The minimum absolute atomic E-state index is 0.129. The standard InChI is InChI=1S/C7H14N2O5S2/c1-3-5-7(15(11,12)4-2)9-16(13,14)8-6-10/h7,9H,3-5H2,1-2H3. The van der Waals surface area contributed by atoms with Gasteiger partial charge in [0.05, 0.1) is 0 Å². The van der Waals surface area contributed by atoms with Crippen molar-refractivity contribution in [3.8, 4) is 0 Å². The first-order chi connectivity index (χ1) is 7.29. The third-order valence-electron chi connectivity index (χ3n) is 1.82. The van der Waals surface area contributed by atoms with Crippen LogP contribution in [0.5, 0.6) is 0 Å². The van der Waals surface area contributed by atoms with Crippen molar-refractivity contribution in [2.45, 2.75) is 32.1 Å². The summed E-state index contributed by atoms with van der Waals surface area (Å²) in [5, 5.41) is -1.25. The van der Waals surface area contributed by atoms with Crippen LogP contribution in [-0.4, -0.2) is 34.0 Å². The molecule has 0 rings (SSSR count). The van der Waals surface area contributed by atoms with Crippen molar-refractivity contribution in [3.63, 3.8) is 0 Å². The van der Waals surface area contributed by atoms with E-state index in [9.17, 15) is 21.6 Å². The Kier molecular flexibility index (Phi) is 5.80. The molecule has 16 heavy (non-hydrogen) atoms. The molecule has 0 saturated heterocycles. The van der Waals surface area contributed by atoms with Crippen molar-refractivity contribution in [2.75, 3.05) is 5.75 Å². The van der Waals surface area contributed by atoms with Gasteiger partial charge < -0.3 is 0 Å². The van der Waals surface area contributed by atoms with Gasteiger partial charge in [0.1, 0.15) is 5.37 Å². The molecule has 1 atom stereocenters.